The van der Waals surface area contributed by atoms with E-state index in [1.165, 1.54) is 21.3 Å². The lowest BCUT2D eigenvalue weighted by molar-refractivity contribution is -0.137. The van der Waals surface area contributed by atoms with E-state index in [4.69, 9.17) is 23.8 Å². The highest BCUT2D eigenvalue weighted by Crippen LogP contribution is 2.39. The number of methoxy groups -OCH3 is 3. The molecule has 0 saturated carbocycles. The first kappa shape index (κ1) is 17.1. The summed E-state index contributed by atoms with van der Waals surface area (Å²) in [5, 5.41) is 3.93. The predicted octanol–water partition coefficient (Wildman–Crippen LogP) is 1.19. The molecule has 2 aliphatic rings. The first-order chi connectivity index (χ1) is 12.2. The summed E-state index contributed by atoms with van der Waals surface area (Å²) >= 11 is 0. The van der Waals surface area contributed by atoms with Gasteiger partial charge in [0.1, 0.15) is 11.3 Å². The molecule has 2 aliphatic heterocycles. The Morgan fingerprint density at radius 1 is 1.08 bits per heavy atom. The zero-order chi connectivity index (χ0) is 17.8. The number of carbonyl (C=O) groups is 1. The van der Waals surface area contributed by atoms with Crippen molar-refractivity contribution in [2.75, 3.05) is 47.6 Å². The van der Waals surface area contributed by atoms with Crippen molar-refractivity contribution in [2.24, 2.45) is 5.16 Å². The molecule has 134 valence electrons. The van der Waals surface area contributed by atoms with Gasteiger partial charge in [-0.25, -0.2) is 4.79 Å². The fourth-order valence-corrected chi connectivity index (χ4v) is 2.71. The van der Waals surface area contributed by atoms with Crippen molar-refractivity contribution in [3.8, 4) is 17.2 Å². The van der Waals surface area contributed by atoms with Crippen LogP contribution in [0.5, 0.6) is 17.2 Å². The van der Waals surface area contributed by atoms with Crippen molar-refractivity contribution >= 4 is 11.7 Å². The van der Waals surface area contributed by atoms with Crippen molar-refractivity contribution in [3.63, 3.8) is 0 Å². The van der Waals surface area contributed by atoms with Gasteiger partial charge >= 0.3 is 5.97 Å². The fourth-order valence-electron chi connectivity index (χ4n) is 2.71. The summed E-state index contributed by atoms with van der Waals surface area (Å²) in [5.41, 5.74) is 1.45. The highest BCUT2D eigenvalue weighted by molar-refractivity contribution is 6.29. The van der Waals surface area contributed by atoms with E-state index >= 15 is 0 Å². The van der Waals surface area contributed by atoms with Crippen molar-refractivity contribution in [3.05, 3.63) is 29.5 Å². The van der Waals surface area contributed by atoms with E-state index in [2.05, 4.69) is 5.16 Å². The maximum atomic E-state index is 12.1. The molecule has 1 aromatic carbocycles. The average molecular weight is 348 g/mol. The Morgan fingerprint density at radius 3 is 2.28 bits per heavy atom. The van der Waals surface area contributed by atoms with Gasteiger partial charge in [0.05, 0.1) is 34.5 Å². The summed E-state index contributed by atoms with van der Waals surface area (Å²) < 4.78 is 21.4. The number of hydrogen-bond donors (Lipinski definition) is 0. The molecule has 1 fully saturated rings. The summed E-state index contributed by atoms with van der Waals surface area (Å²) in [4.78, 5) is 19.0. The Morgan fingerprint density at radius 2 is 1.72 bits per heavy atom. The lowest BCUT2D eigenvalue weighted by Gasteiger charge is -2.25. The topological polar surface area (TPSA) is 78.8 Å². The summed E-state index contributed by atoms with van der Waals surface area (Å²) in [5.74, 6) is 0.933. The average Bonchev–Trinajstić information content (AvgIpc) is 3.01. The van der Waals surface area contributed by atoms with Gasteiger partial charge in [0, 0.05) is 24.9 Å². The van der Waals surface area contributed by atoms with Crippen LogP contribution < -0.4 is 14.2 Å². The van der Waals surface area contributed by atoms with Gasteiger partial charge in [0.2, 0.25) is 5.75 Å². The third-order valence-electron chi connectivity index (χ3n) is 3.99. The number of morpholine rings is 1. The van der Waals surface area contributed by atoms with E-state index in [1.54, 1.807) is 18.3 Å². The first-order valence-electron chi connectivity index (χ1n) is 7.81. The van der Waals surface area contributed by atoms with Crippen molar-refractivity contribution < 1.29 is 28.6 Å². The molecular formula is C17H20N2O6. The molecule has 2 heterocycles. The second kappa shape index (κ2) is 7.43. The second-order valence-electron chi connectivity index (χ2n) is 5.42. The van der Waals surface area contributed by atoms with Crippen LogP contribution in [0.1, 0.15) is 5.56 Å². The minimum Gasteiger partial charge on any atom is -0.493 e. The molecule has 0 amide bonds. The normalized spacial score (nSPS) is 18.8. The van der Waals surface area contributed by atoms with Crippen LogP contribution >= 0.6 is 0 Å². The standard InChI is InChI=1S/C17H20N2O6/c1-21-13-8-11(9-14(22-2)16(13)23-3)15-12(17(20)25-18-15)10-19-4-6-24-7-5-19/h8-10H,4-7H2,1-3H3. The molecule has 1 aromatic rings. The molecule has 0 bridgehead atoms. The van der Waals surface area contributed by atoms with Gasteiger partial charge in [-0.2, -0.15) is 0 Å². The SMILES string of the molecule is COc1cc(C2=NOC(=O)C2=CN2CCOCC2)cc(OC)c1OC. The third-order valence-corrected chi connectivity index (χ3v) is 3.99. The smallest absolute Gasteiger partial charge is 0.369 e. The highest BCUT2D eigenvalue weighted by Gasteiger charge is 2.29. The maximum Gasteiger partial charge on any atom is 0.369 e. The Bertz CT molecular complexity index is 697. The van der Waals surface area contributed by atoms with Crippen LogP contribution in [0.3, 0.4) is 0 Å². The zero-order valence-electron chi connectivity index (χ0n) is 14.4. The van der Waals surface area contributed by atoms with Gasteiger partial charge in [-0.3, -0.25) is 0 Å². The number of oxime groups is 1. The van der Waals surface area contributed by atoms with Crippen LogP contribution in [0, 0.1) is 0 Å². The predicted molar refractivity (Wildman–Crippen MR) is 89.2 cm³/mol. The summed E-state index contributed by atoms with van der Waals surface area (Å²) in [6.45, 7) is 2.66. The number of ether oxygens (including phenoxy) is 4. The Hall–Kier alpha value is -2.74. The monoisotopic (exact) mass is 348 g/mol. The molecule has 0 atom stereocenters. The maximum absolute atomic E-state index is 12.1. The van der Waals surface area contributed by atoms with Crippen LogP contribution in [0.2, 0.25) is 0 Å². The third kappa shape index (κ3) is 3.39. The Labute approximate surface area is 145 Å². The van der Waals surface area contributed by atoms with E-state index < -0.39 is 5.97 Å². The van der Waals surface area contributed by atoms with Crippen molar-refractivity contribution in [2.45, 2.75) is 0 Å². The first-order valence-corrected chi connectivity index (χ1v) is 7.81. The van der Waals surface area contributed by atoms with Gasteiger partial charge in [-0.05, 0) is 12.1 Å². The van der Waals surface area contributed by atoms with E-state index in [0.29, 0.717) is 60.4 Å². The molecule has 0 unspecified atom stereocenters. The quantitative estimate of drug-likeness (QED) is 0.584. The molecule has 8 heteroatoms. The molecule has 8 nitrogen and oxygen atoms in total. The van der Waals surface area contributed by atoms with E-state index in [0.717, 1.165) is 0 Å². The van der Waals surface area contributed by atoms with Gasteiger partial charge in [-0.1, -0.05) is 5.16 Å². The van der Waals surface area contributed by atoms with Crippen molar-refractivity contribution in [1.82, 2.24) is 4.90 Å². The van der Waals surface area contributed by atoms with Gasteiger partial charge in [-0.15, -0.1) is 0 Å². The van der Waals surface area contributed by atoms with Gasteiger partial charge in [0.15, 0.2) is 11.5 Å². The minimum absolute atomic E-state index is 0.385. The van der Waals surface area contributed by atoms with Crippen LogP contribution in [-0.4, -0.2) is 64.2 Å². The van der Waals surface area contributed by atoms with Crippen LogP contribution in [0.15, 0.2) is 29.1 Å². The molecule has 0 aliphatic carbocycles. The number of carbonyl (C=O) groups excluding carboxylic acids is 1. The fraction of sp³-hybridized carbons (Fsp3) is 0.412. The van der Waals surface area contributed by atoms with E-state index in [9.17, 15) is 4.79 Å². The number of hydrogen-bond acceptors (Lipinski definition) is 8. The summed E-state index contributed by atoms with van der Waals surface area (Å²) in [6.07, 6.45) is 1.76. The molecule has 0 radical (unpaired) electrons. The lowest BCUT2D eigenvalue weighted by Crippen LogP contribution is -2.33. The Balaban J connectivity index is 1.99. The molecule has 25 heavy (non-hydrogen) atoms. The minimum atomic E-state index is -0.491. The molecule has 0 spiro atoms. The molecule has 0 aromatic heterocycles. The number of benzene rings is 1. The van der Waals surface area contributed by atoms with E-state index in [1.807, 2.05) is 4.90 Å². The second-order valence-corrected chi connectivity index (χ2v) is 5.42. The van der Waals surface area contributed by atoms with Gasteiger partial charge in [0.25, 0.3) is 0 Å². The van der Waals surface area contributed by atoms with Crippen LogP contribution in [0.25, 0.3) is 0 Å². The largest absolute Gasteiger partial charge is 0.493 e. The van der Waals surface area contributed by atoms with Crippen LogP contribution in [0.4, 0.5) is 0 Å². The van der Waals surface area contributed by atoms with Crippen LogP contribution in [-0.2, 0) is 14.4 Å². The van der Waals surface area contributed by atoms with Crippen molar-refractivity contribution in [1.29, 1.82) is 0 Å². The highest BCUT2D eigenvalue weighted by atomic mass is 16.7. The summed E-state index contributed by atoms with van der Waals surface area (Å²) in [6, 6.07) is 3.46. The number of nitrogens with zero attached hydrogens (tertiary/aromatic N) is 2. The number of rotatable bonds is 5. The summed E-state index contributed by atoms with van der Waals surface area (Å²) in [7, 11) is 4.59. The molecule has 3 rings (SSSR count). The Kier molecular flexibility index (Phi) is 5.08. The lowest BCUT2D eigenvalue weighted by atomic mass is 10.0. The molecule has 1 saturated heterocycles. The zero-order valence-corrected chi connectivity index (χ0v) is 14.4. The molecular weight excluding hydrogens is 328 g/mol. The van der Waals surface area contributed by atoms with E-state index in [-0.39, 0.29) is 0 Å². The van der Waals surface area contributed by atoms with Gasteiger partial charge < -0.3 is 28.7 Å². The molecule has 0 N–H and O–H groups in total.